The molecule has 1 heterocycles. The topological polar surface area (TPSA) is 77.0 Å². The largest absolute Gasteiger partial charge is 0.483 e. The Bertz CT molecular complexity index is 1030. The fourth-order valence-electron chi connectivity index (χ4n) is 2.45. The molecule has 0 saturated heterocycles. The maximum atomic E-state index is 12.0. The number of hydrogen-bond acceptors (Lipinski definition) is 6. The van der Waals surface area contributed by atoms with Gasteiger partial charge in [-0.25, -0.2) is 10.2 Å². The van der Waals surface area contributed by atoms with E-state index in [0.717, 1.165) is 11.1 Å². The van der Waals surface area contributed by atoms with E-state index in [9.17, 15) is 9.59 Å². The Hall–Kier alpha value is -3.45. The quantitative estimate of drug-likeness (QED) is 0.276. The van der Waals surface area contributed by atoms with Gasteiger partial charge in [-0.15, -0.1) is 11.3 Å². The van der Waals surface area contributed by atoms with Crippen molar-refractivity contribution in [3.8, 4) is 11.5 Å². The van der Waals surface area contributed by atoms with Crippen LogP contribution in [0.15, 0.2) is 65.1 Å². The van der Waals surface area contributed by atoms with Crippen molar-refractivity contribution in [2.75, 3.05) is 6.61 Å². The van der Waals surface area contributed by atoms with Crippen LogP contribution in [0.5, 0.6) is 11.5 Å². The van der Waals surface area contributed by atoms with Crippen molar-refractivity contribution in [3.63, 3.8) is 0 Å². The molecule has 29 heavy (non-hydrogen) atoms. The zero-order chi connectivity index (χ0) is 20.6. The minimum Gasteiger partial charge on any atom is -0.483 e. The van der Waals surface area contributed by atoms with Gasteiger partial charge in [0.05, 0.1) is 6.21 Å². The first-order valence-electron chi connectivity index (χ1n) is 8.89. The zero-order valence-corrected chi connectivity index (χ0v) is 16.9. The summed E-state index contributed by atoms with van der Waals surface area (Å²) in [7, 11) is 0. The van der Waals surface area contributed by atoms with Crippen LogP contribution < -0.4 is 14.9 Å². The molecule has 2 aromatic carbocycles. The molecule has 0 atom stereocenters. The summed E-state index contributed by atoms with van der Waals surface area (Å²) in [6, 6.07) is 16.0. The maximum absolute atomic E-state index is 12.0. The summed E-state index contributed by atoms with van der Waals surface area (Å²) in [5, 5.41) is 5.73. The minimum atomic E-state index is -0.411. The fourth-order valence-corrected chi connectivity index (χ4v) is 3.04. The molecule has 0 aliphatic carbocycles. The van der Waals surface area contributed by atoms with Crippen LogP contribution in [0.25, 0.3) is 0 Å². The number of carbonyl (C=O) groups excluding carboxylic acids is 2. The summed E-state index contributed by atoms with van der Waals surface area (Å²) in [6.07, 6.45) is 1.47. The Morgan fingerprint density at radius 1 is 1.10 bits per heavy atom. The number of nitrogens with one attached hydrogen (secondary N) is 1. The summed E-state index contributed by atoms with van der Waals surface area (Å²) < 4.78 is 10.9. The SMILES string of the molecule is Cc1cccc(OCC(=O)N/N=C\c2cccc(OC(=O)c3cccs3)c2)c1C. The second-order valence-corrected chi connectivity index (χ2v) is 7.17. The molecule has 6 nitrogen and oxygen atoms in total. The number of carbonyl (C=O) groups is 2. The maximum Gasteiger partial charge on any atom is 0.353 e. The molecular formula is C22H20N2O4S. The van der Waals surface area contributed by atoms with Crippen molar-refractivity contribution in [1.29, 1.82) is 0 Å². The van der Waals surface area contributed by atoms with Crippen LogP contribution >= 0.6 is 11.3 Å². The highest BCUT2D eigenvalue weighted by atomic mass is 32.1. The van der Waals surface area contributed by atoms with E-state index in [0.29, 0.717) is 21.9 Å². The summed E-state index contributed by atoms with van der Waals surface area (Å²) in [5.41, 5.74) is 5.19. The molecule has 0 aliphatic heterocycles. The lowest BCUT2D eigenvalue weighted by Crippen LogP contribution is -2.24. The predicted octanol–water partition coefficient (Wildman–Crippen LogP) is 4.11. The first-order valence-corrected chi connectivity index (χ1v) is 9.77. The van der Waals surface area contributed by atoms with Crippen LogP contribution in [-0.2, 0) is 4.79 Å². The smallest absolute Gasteiger partial charge is 0.353 e. The van der Waals surface area contributed by atoms with Gasteiger partial charge in [-0.1, -0.05) is 30.3 Å². The molecule has 3 aromatic rings. The highest BCUT2D eigenvalue weighted by molar-refractivity contribution is 7.12. The van der Waals surface area contributed by atoms with E-state index in [1.165, 1.54) is 17.6 Å². The van der Waals surface area contributed by atoms with Crippen molar-refractivity contribution in [2.24, 2.45) is 5.10 Å². The highest BCUT2D eigenvalue weighted by Gasteiger charge is 2.09. The summed E-state index contributed by atoms with van der Waals surface area (Å²) >= 11 is 1.32. The van der Waals surface area contributed by atoms with Crippen LogP contribution in [0.1, 0.15) is 26.4 Å². The average Bonchev–Trinajstić information content (AvgIpc) is 3.24. The van der Waals surface area contributed by atoms with Crippen molar-refractivity contribution in [2.45, 2.75) is 13.8 Å². The second-order valence-electron chi connectivity index (χ2n) is 6.22. The number of amides is 1. The number of esters is 1. The van der Waals surface area contributed by atoms with Gasteiger partial charge in [-0.2, -0.15) is 5.10 Å². The van der Waals surface area contributed by atoms with Crippen LogP contribution in [0, 0.1) is 13.8 Å². The normalized spacial score (nSPS) is 10.7. The van der Waals surface area contributed by atoms with Gasteiger partial charge in [0.15, 0.2) is 6.61 Å². The van der Waals surface area contributed by atoms with E-state index in [2.05, 4.69) is 10.5 Å². The van der Waals surface area contributed by atoms with Gasteiger partial charge in [0, 0.05) is 0 Å². The van der Waals surface area contributed by atoms with E-state index in [-0.39, 0.29) is 12.5 Å². The third-order valence-electron chi connectivity index (χ3n) is 4.11. The molecule has 1 amide bonds. The van der Waals surface area contributed by atoms with Crippen molar-refractivity contribution in [1.82, 2.24) is 5.43 Å². The zero-order valence-electron chi connectivity index (χ0n) is 16.0. The van der Waals surface area contributed by atoms with E-state index in [1.807, 2.05) is 37.4 Å². The molecule has 7 heteroatoms. The number of hydrogen-bond donors (Lipinski definition) is 1. The summed E-state index contributed by atoms with van der Waals surface area (Å²) in [4.78, 5) is 24.5. The Kier molecular flexibility index (Phi) is 6.76. The number of aryl methyl sites for hydroxylation is 1. The number of thiophene rings is 1. The van der Waals surface area contributed by atoms with E-state index in [1.54, 1.807) is 36.4 Å². The lowest BCUT2D eigenvalue weighted by atomic mass is 10.1. The van der Waals surface area contributed by atoms with Crippen LogP contribution in [0.4, 0.5) is 0 Å². The fraction of sp³-hybridized carbons (Fsp3) is 0.136. The number of ether oxygens (including phenoxy) is 2. The predicted molar refractivity (Wildman–Crippen MR) is 113 cm³/mol. The van der Waals surface area contributed by atoms with E-state index >= 15 is 0 Å². The third-order valence-corrected chi connectivity index (χ3v) is 4.96. The van der Waals surface area contributed by atoms with Crippen molar-refractivity contribution < 1.29 is 19.1 Å². The molecular weight excluding hydrogens is 388 g/mol. The van der Waals surface area contributed by atoms with Gasteiger partial charge >= 0.3 is 5.97 Å². The molecule has 0 fully saturated rings. The molecule has 0 spiro atoms. The summed E-state index contributed by atoms with van der Waals surface area (Å²) in [5.74, 6) is 0.287. The Balaban J connectivity index is 1.51. The van der Waals surface area contributed by atoms with Gasteiger partial charge in [0.1, 0.15) is 16.4 Å². The average molecular weight is 408 g/mol. The van der Waals surface area contributed by atoms with E-state index < -0.39 is 5.97 Å². The van der Waals surface area contributed by atoms with Gasteiger partial charge in [-0.3, -0.25) is 4.79 Å². The van der Waals surface area contributed by atoms with Crippen molar-refractivity contribution in [3.05, 3.63) is 81.5 Å². The van der Waals surface area contributed by atoms with Gasteiger partial charge < -0.3 is 9.47 Å². The first-order chi connectivity index (χ1) is 14.0. The first kappa shape index (κ1) is 20.3. The van der Waals surface area contributed by atoms with E-state index in [4.69, 9.17) is 9.47 Å². The Labute approximate surface area is 172 Å². The van der Waals surface area contributed by atoms with Crippen LogP contribution in [0.2, 0.25) is 0 Å². The number of rotatable bonds is 7. The lowest BCUT2D eigenvalue weighted by Gasteiger charge is -2.09. The third kappa shape index (κ3) is 5.76. The minimum absolute atomic E-state index is 0.139. The number of hydrazone groups is 1. The monoisotopic (exact) mass is 408 g/mol. The second kappa shape index (κ2) is 9.66. The molecule has 0 radical (unpaired) electrons. The number of benzene rings is 2. The molecule has 0 saturated carbocycles. The summed E-state index contributed by atoms with van der Waals surface area (Å²) in [6.45, 7) is 3.79. The molecule has 1 aromatic heterocycles. The molecule has 0 aliphatic rings. The Morgan fingerprint density at radius 3 is 2.72 bits per heavy atom. The number of nitrogens with zero attached hydrogens (tertiary/aromatic N) is 1. The lowest BCUT2D eigenvalue weighted by molar-refractivity contribution is -0.123. The Morgan fingerprint density at radius 2 is 1.93 bits per heavy atom. The van der Waals surface area contributed by atoms with Gasteiger partial charge in [0.25, 0.3) is 5.91 Å². The van der Waals surface area contributed by atoms with Gasteiger partial charge in [0.2, 0.25) is 0 Å². The van der Waals surface area contributed by atoms with Crippen LogP contribution in [0.3, 0.4) is 0 Å². The molecule has 0 unspecified atom stereocenters. The molecule has 0 bridgehead atoms. The highest BCUT2D eigenvalue weighted by Crippen LogP contribution is 2.20. The molecule has 3 rings (SSSR count). The standard InChI is InChI=1S/C22H20N2O4S/c1-15-6-3-9-19(16(15)2)27-14-21(25)24-23-13-17-7-4-8-18(12-17)28-22(26)20-10-5-11-29-20/h3-13H,14H2,1-2H3,(H,24,25)/b23-13-. The molecule has 148 valence electrons. The van der Waals surface area contributed by atoms with Crippen LogP contribution in [-0.4, -0.2) is 24.7 Å². The molecule has 1 N–H and O–H groups in total. The van der Waals surface area contributed by atoms with Gasteiger partial charge in [-0.05, 0) is 60.2 Å². The van der Waals surface area contributed by atoms with Crippen molar-refractivity contribution >= 4 is 29.4 Å².